The molecule has 0 saturated heterocycles. The van der Waals surface area contributed by atoms with Crippen molar-refractivity contribution < 1.29 is 14.3 Å². The second-order valence-corrected chi connectivity index (χ2v) is 8.35. The molecule has 3 amide bonds. The Bertz CT molecular complexity index is 1270. The monoisotopic (exact) mass is 472 g/mol. The molecule has 0 atom stereocenters. The molecule has 7 nitrogen and oxygen atoms in total. The quantitative estimate of drug-likeness (QED) is 0.311. The van der Waals surface area contributed by atoms with E-state index in [1.807, 2.05) is 54.8 Å². The first-order valence-electron chi connectivity index (χ1n) is 10.7. The van der Waals surface area contributed by atoms with Gasteiger partial charge in [0, 0.05) is 28.9 Å². The maximum Gasteiger partial charge on any atom is 0.323 e. The molecule has 0 radical (unpaired) electrons. The molecule has 172 valence electrons. The summed E-state index contributed by atoms with van der Waals surface area (Å²) in [5, 5.41) is 10.5. The maximum absolute atomic E-state index is 12.6. The third-order valence-corrected chi connectivity index (χ3v) is 5.52. The van der Waals surface area contributed by atoms with Gasteiger partial charge in [-0.1, -0.05) is 30.3 Å². The Labute approximate surface area is 201 Å². The normalized spacial score (nSPS) is 10.4. The number of aromatic nitrogens is 1. The van der Waals surface area contributed by atoms with Crippen LogP contribution in [0, 0.1) is 6.92 Å². The van der Waals surface area contributed by atoms with Crippen LogP contribution in [0.5, 0.6) is 5.75 Å². The number of urea groups is 1. The number of benzene rings is 3. The van der Waals surface area contributed by atoms with Crippen molar-refractivity contribution in [2.45, 2.75) is 20.1 Å². The summed E-state index contributed by atoms with van der Waals surface area (Å²) in [6.07, 6.45) is 0. The van der Waals surface area contributed by atoms with Crippen LogP contribution in [0.15, 0.2) is 83.7 Å². The third kappa shape index (κ3) is 6.66. The molecule has 0 saturated carbocycles. The van der Waals surface area contributed by atoms with E-state index in [9.17, 15) is 9.59 Å². The van der Waals surface area contributed by atoms with Gasteiger partial charge in [-0.3, -0.25) is 4.79 Å². The van der Waals surface area contributed by atoms with Gasteiger partial charge in [0.15, 0.2) is 0 Å². The van der Waals surface area contributed by atoms with Gasteiger partial charge in [0.1, 0.15) is 12.4 Å². The van der Waals surface area contributed by atoms with E-state index in [0.717, 1.165) is 22.5 Å². The summed E-state index contributed by atoms with van der Waals surface area (Å²) < 4.78 is 5.72. The minimum Gasteiger partial charge on any atom is -0.487 e. The molecule has 8 heteroatoms. The Kier molecular flexibility index (Phi) is 7.52. The van der Waals surface area contributed by atoms with Crippen LogP contribution >= 0.6 is 11.3 Å². The molecule has 0 aliphatic rings. The molecular weight excluding hydrogens is 448 g/mol. The first-order chi connectivity index (χ1) is 16.5. The van der Waals surface area contributed by atoms with Crippen LogP contribution in [0.1, 0.15) is 27.2 Å². The molecule has 0 spiro atoms. The predicted molar refractivity (Wildman–Crippen MR) is 134 cm³/mol. The zero-order valence-electron chi connectivity index (χ0n) is 18.6. The van der Waals surface area contributed by atoms with Crippen molar-refractivity contribution in [2.24, 2.45) is 0 Å². The highest BCUT2D eigenvalue weighted by molar-refractivity contribution is 7.07. The highest BCUT2D eigenvalue weighted by atomic mass is 32.1. The summed E-state index contributed by atoms with van der Waals surface area (Å²) in [5.74, 6) is 0.390. The molecule has 3 N–H and O–H groups in total. The number of amides is 3. The molecule has 0 aliphatic heterocycles. The number of carbonyl (C=O) groups is 2. The van der Waals surface area contributed by atoms with Crippen LogP contribution in [-0.2, 0) is 13.2 Å². The summed E-state index contributed by atoms with van der Waals surface area (Å²) in [6.45, 7) is 2.64. The number of hydrogen-bond acceptors (Lipinski definition) is 5. The summed E-state index contributed by atoms with van der Waals surface area (Å²) >= 11 is 1.51. The SMILES string of the molecule is Cc1cccc(NC(=O)Nc2cccc(CNC(=O)c3cccc(OCc4cscn4)c3)c2)c1. The molecule has 1 aromatic heterocycles. The molecule has 0 aliphatic carbocycles. The topological polar surface area (TPSA) is 92.4 Å². The van der Waals surface area contributed by atoms with Gasteiger partial charge in [0.25, 0.3) is 5.91 Å². The molecular formula is C26H24N4O3S. The van der Waals surface area contributed by atoms with Crippen molar-refractivity contribution in [3.8, 4) is 5.75 Å². The lowest BCUT2D eigenvalue weighted by Crippen LogP contribution is -2.23. The Hall–Kier alpha value is -4.17. The van der Waals surface area contributed by atoms with Crippen LogP contribution in [0.25, 0.3) is 0 Å². The molecule has 4 rings (SSSR count). The van der Waals surface area contributed by atoms with Gasteiger partial charge in [-0.15, -0.1) is 11.3 Å². The third-order valence-electron chi connectivity index (χ3n) is 4.88. The van der Waals surface area contributed by atoms with Crippen LogP contribution in [-0.4, -0.2) is 16.9 Å². The van der Waals surface area contributed by atoms with Crippen LogP contribution in [0.3, 0.4) is 0 Å². The number of anilines is 2. The van der Waals surface area contributed by atoms with Crippen molar-refractivity contribution in [2.75, 3.05) is 10.6 Å². The Morgan fingerprint density at radius 2 is 1.71 bits per heavy atom. The fourth-order valence-electron chi connectivity index (χ4n) is 3.25. The van der Waals surface area contributed by atoms with E-state index in [2.05, 4.69) is 20.9 Å². The van der Waals surface area contributed by atoms with Crippen molar-refractivity contribution >= 4 is 34.6 Å². The maximum atomic E-state index is 12.6. The second kappa shape index (κ2) is 11.1. The average Bonchev–Trinajstić information content (AvgIpc) is 3.35. The minimum absolute atomic E-state index is 0.213. The number of nitrogens with zero attached hydrogens (tertiary/aromatic N) is 1. The molecule has 0 bridgehead atoms. The van der Waals surface area contributed by atoms with Gasteiger partial charge in [0.05, 0.1) is 11.2 Å². The average molecular weight is 473 g/mol. The van der Waals surface area contributed by atoms with E-state index in [-0.39, 0.29) is 11.9 Å². The first-order valence-corrected chi connectivity index (χ1v) is 11.6. The number of carbonyl (C=O) groups excluding carboxylic acids is 2. The van der Waals surface area contributed by atoms with Gasteiger partial charge in [0.2, 0.25) is 0 Å². The van der Waals surface area contributed by atoms with E-state index in [1.165, 1.54) is 11.3 Å². The van der Waals surface area contributed by atoms with E-state index in [1.54, 1.807) is 35.8 Å². The van der Waals surface area contributed by atoms with Gasteiger partial charge >= 0.3 is 6.03 Å². The minimum atomic E-state index is -0.332. The number of hydrogen-bond donors (Lipinski definition) is 3. The molecule has 1 heterocycles. The lowest BCUT2D eigenvalue weighted by molar-refractivity contribution is 0.0950. The number of aryl methyl sites for hydroxylation is 1. The van der Waals surface area contributed by atoms with Gasteiger partial charge < -0.3 is 20.7 Å². The zero-order valence-corrected chi connectivity index (χ0v) is 19.4. The zero-order chi connectivity index (χ0) is 23.8. The highest BCUT2D eigenvalue weighted by Gasteiger charge is 2.08. The lowest BCUT2D eigenvalue weighted by Gasteiger charge is -2.11. The van der Waals surface area contributed by atoms with Crippen LogP contribution in [0.4, 0.5) is 16.2 Å². The van der Waals surface area contributed by atoms with Gasteiger partial charge in [-0.2, -0.15) is 0 Å². The van der Waals surface area contributed by atoms with E-state index in [0.29, 0.717) is 30.2 Å². The lowest BCUT2D eigenvalue weighted by atomic mass is 10.1. The highest BCUT2D eigenvalue weighted by Crippen LogP contribution is 2.17. The van der Waals surface area contributed by atoms with Crippen LogP contribution in [0.2, 0.25) is 0 Å². The Balaban J connectivity index is 1.30. The van der Waals surface area contributed by atoms with Crippen molar-refractivity contribution in [3.63, 3.8) is 0 Å². The fraction of sp³-hybridized carbons (Fsp3) is 0.115. The predicted octanol–water partition coefficient (Wildman–Crippen LogP) is 5.60. The second-order valence-electron chi connectivity index (χ2n) is 7.63. The molecule has 4 aromatic rings. The summed E-state index contributed by atoms with van der Waals surface area (Å²) in [6, 6.07) is 21.6. The Morgan fingerprint density at radius 1 is 0.941 bits per heavy atom. The number of ether oxygens (including phenoxy) is 1. The number of nitrogens with one attached hydrogen (secondary N) is 3. The van der Waals surface area contributed by atoms with Gasteiger partial charge in [-0.25, -0.2) is 9.78 Å². The van der Waals surface area contributed by atoms with E-state index < -0.39 is 0 Å². The first kappa shape index (κ1) is 23.0. The smallest absolute Gasteiger partial charge is 0.323 e. The summed E-state index contributed by atoms with van der Waals surface area (Å²) in [5.41, 5.74) is 6.38. The van der Waals surface area contributed by atoms with E-state index >= 15 is 0 Å². The fourth-order valence-corrected chi connectivity index (χ4v) is 3.80. The van der Waals surface area contributed by atoms with Crippen molar-refractivity contribution in [3.05, 3.63) is 106 Å². The summed E-state index contributed by atoms with van der Waals surface area (Å²) in [7, 11) is 0. The van der Waals surface area contributed by atoms with E-state index in [4.69, 9.17) is 4.74 Å². The number of rotatable bonds is 8. The molecule has 0 unspecified atom stereocenters. The van der Waals surface area contributed by atoms with Crippen LogP contribution < -0.4 is 20.7 Å². The number of thiazole rings is 1. The van der Waals surface area contributed by atoms with Gasteiger partial charge in [-0.05, 0) is 60.5 Å². The van der Waals surface area contributed by atoms with Crippen molar-refractivity contribution in [1.82, 2.24) is 10.3 Å². The molecule has 34 heavy (non-hydrogen) atoms. The molecule has 0 fully saturated rings. The largest absolute Gasteiger partial charge is 0.487 e. The standard InChI is InChI=1S/C26H24N4O3S/c1-18-5-2-8-21(11-18)29-26(32)30-22-9-3-6-19(12-22)14-27-25(31)20-7-4-10-24(13-20)33-15-23-16-34-17-28-23/h2-13,16-17H,14-15H2,1H3,(H,27,31)(H2,29,30,32). The van der Waals surface area contributed by atoms with Crippen molar-refractivity contribution in [1.29, 1.82) is 0 Å². The summed E-state index contributed by atoms with van der Waals surface area (Å²) in [4.78, 5) is 29.1. The Morgan fingerprint density at radius 3 is 2.47 bits per heavy atom. The molecule has 3 aromatic carbocycles.